The molecule has 1 aromatic carbocycles. The molecule has 152 valence electrons. The van der Waals surface area contributed by atoms with Gasteiger partial charge in [0, 0.05) is 30.8 Å². The third kappa shape index (κ3) is 5.11. The number of unbranched alkanes of at least 4 members (excludes halogenated alkanes) is 1. The molecular weight excluding hydrogens is 370 g/mol. The predicted octanol–water partition coefficient (Wildman–Crippen LogP) is 3.80. The summed E-state index contributed by atoms with van der Waals surface area (Å²) >= 11 is 5.65. The molecule has 1 fully saturated rings. The zero-order valence-electron chi connectivity index (χ0n) is 17.1. The van der Waals surface area contributed by atoms with Gasteiger partial charge in [0.15, 0.2) is 5.11 Å². The van der Waals surface area contributed by atoms with E-state index in [9.17, 15) is 4.79 Å². The van der Waals surface area contributed by atoms with E-state index in [4.69, 9.17) is 17.0 Å². The Hall–Kier alpha value is -1.92. The summed E-state index contributed by atoms with van der Waals surface area (Å²) in [6, 6.07) is 6.17. The molecule has 1 aromatic heterocycles. The summed E-state index contributed by atoms with van der Waals surface area (Å²) in [7, 11) is 0. The number of benzene rings is 1. The van der Waals surface area contributed by atoms with Gasteiger partial charge in [-0.25, -0.2) is 0 Å². The number of nitrogens with one attached hydrogen (secondary N) is 2. The lowest BCUT2D eigenvalue weighted by molar-refractivity contribution is 0.0897. The van der Waals surface area contributed by atoms with Crippen LogP contribution < -0.4 is 10.9 Å². The molecule has 6 heteroatoms. The van der Waals surface area contributed by atoms with Gasteiger partial charge in [0.25, 0.3) is 5.56 Å². The van der Waals surface area contributed by atoms with E-state index in [-0.39, 0.29) is 11.7 Å². The molecule has 2 N–H and O–H groups in total. The monoisotopic (exact) mass is 401 g/mol. The number of fused-ring (bicyclic) bond motifs is 1. The van der Waals surface area contributed by atoms with Gasteiger partial charge in [0.05, 0.1) is 12.6 Å². The van der Waals surface area contributed by atoms with E-state index in [0.717, 1.165) is 55.3 Å². The number of aromatic nitrogens is 1. The van der Waals surface area contributed by atoms with Crippen molar-refractivity contribution in [2.75, 3.05) is 19.7 Å². The van der Waals surface area contributed by atoms with Gasteiger partial charge in [0.2, 0.25) is 0 Å². The lowest BCUT2D eigenvalue weighted by Crippen LogP contribution is -2.44. The van der Waals surface area contributed by atoms with Crippen LogP contribution in [0.5, 0.6) is 0 Å². The van der Waals surface area contributed by atoms with Gasteiger partial charge in [-0.3, -0.25) is 4.79 Å². The first-order valence-electron chi connectivity index (χ1n) is 10.3. The standard InChI is InChI=1S/C22H31N3O2S/c1-4-5-8-23-22(28)25(14-19-7-6-9-27-19)13-18-12-17-10-15(2)16(3)11-20(17)24-21(18)26/h10-12,19H,4-9,13-14H2,1-3H3,(H,23,28)(H,24,26)/t19-/m1/s1. The molecule has 28 heavy (non-hydrogen) atoms. The molecule has 0 saturated carbocycles. The minimum atomic E-state index is -0.0514. The first kappa shape index (κ1) is 20.8. The van der Waals surface area contributed by atoms with Crippen LogP contribution in [0.25, 0.3) is 10.9 Å². The van der Waals surface area contributed by atoms with Crippen molar-refractivity contribution in [3.63, 3.8) is 0 Å². The van der Waals surface area contributed by atoms with Gasteiger partial charge in [-0.05, 0) is 80.0 Å². The average molecular weight is 402 g/mol. The van der Waals surface area contributed by atoms with Crippen LogP contribution in [0.4, 0.5) is 0 Å². The van der Waals surface area contributed by atoms with Crippen molar-refractivity contribution in [3.05, 3.63) is 45.2 Å². The van der Waals surface area contributed by atoms with Crippen LogP contribution in [-0.4, -0.2) is 40.8 Å². The van der Waals surface area contributed by atoms with E-state index in [1.807, 2.05) is 12.1 Å². The summed E-state index contributed by atoms with van der Waals surface area (Å²) in [5.41, 5.74) is 3.96. The fourth-order valence-electron chi connectivity index (χ4n) is 3.58. The largest absolute Gasteiger partial charge is 0.376 e. The molecule has 1 aliphatic heterocycles. The molecule has 2 heterocycles. The molecule has 3 rings (SSSR count). The Morgan fingerprint density at radius 1 is 1.32 bits per heavy atom. The van der Waals surface area contributed by atoms with Crippen molar-refractivity contribution in [2.24, 2.45) is 0 Å². The number of hydrogen-bond acceptors (Lipinski definition) is 3. The molecule has 0 spiro atoms. The molecule has 0 radical (unpaired) electrons. The summed E-state index contributed by atoms with van der Waals surface area (Å²) in [6.07, 6.45) is 4.49. The SMILES string of the molecule is CCCCNC(=S)N(Cc1cc2cc(C)c(C)cc2[nH]c1=O)C[C@H]1CCCO1. The van der Waals surface area contributed by atoms with Crippen molar-refractivity contribution in [2.45, 2.75) is 59.1 Å². The molecule has 0 unspecified atom stereocenters. The molecule has 0 bridgehead atoms. The van der Waals surface area contributed by atoms with Crippen LogP contribution in [0.3, 0.4) is 0 Å². The van der Waals surface area contributed by atoms with Crippen LogP contribution in [0.1, 0.15) is 49.3 Å². The van der Waals surface area contributed by atoms with E-state index in [2.05, 4.69) is 42.0 Å². The number of ether oxygens (including phenoxy) is 1. The maximum atomic E-state index is 12.7. The van der Waals surface area contributed by atoms with Gasteiger partial charge in [-0.15, -0.1) is 0 Å². The topological polar surface area (TPSA) is 57.4 Å². The third-order valence-electron chi connectivity index (χ3n) is 5.44. The lowest BCUT2D eigenvalue weighted by Gasteiger charge is -2.28. The van der Waals surface area contributed by atoms with Crippen LogP contribution in [-0.2, 0) is 11.3 Å². The highest BCUT2D eigenvalue weighted by atomic mass is 32.1. The normalized spacial score (nSPS) is 16.5. The average Bonchev–Trinajstić information content (AvgIpc) is 3.16. The zero-order valence-corrected chi connectivity index (χ0v) is 18.0. The fourth-order valence-corrected chi connectivity index (χ4v) is 3.82. The second-order valence-corrected chi connectivity index (χ2v) is 8.14. The second-order valence-electron chi connectivity index (χ2n) is 7.75. The van der Waals surface area contributed by atoms with Crippen LogP contribution in [0, 0.1) is 13.8 Å². The Morgan fingerprint density at radius 2 is 2.11 bits per heavy atom. The highest BCUT2D eigenvalue weighted by Gasteiger charge is 2.22. The second kappa shape index (κ2) is 9.52. The Kier molecular flexibility index (Phi) is 7.08. The summed E-state index contributed by atoms with van der Waals surface area (Å²) in [6.45, 7) is 9.17. The van der Waals surface area contributed by atoms with E-state index >= 15 is 0 Å². The van der Waals surface area contributed by atoms with Gasteiger partial charge in [0.1, 0.15) is 0 Å². The highest BCUT2D eigenvalue weighted by molar-refractivity contribution is 7.80. The maximum absolute atomic E-state index is 12.7. The van der Waals surface area contributed by atoms with E-state index in [0.29, 0.717) is 18.2 Å². The van der Waals surface area contributed by atoms with Crippen LogP contribution in [0.15, 0.2) is 23.0 Å². The lowest BCUT2D eigenvalue weighted by atomic mass is 10.0. The summed E-state index contributed by atoms with van der Waals surface area (Å²) < 4.78 is 5.81. The molecule has 1 aliphatic rings. The Morgan fingerprint density at radius 3 is 2.82 bits per heavy atom. The fraction of sp³-hybridized carbons (Fsp3) is 0.545. The quantitative estimate of drug-likeness (QED) is 0.546. The Labute approximate surface area is 172 Å². The smallest absolute Gasteiger partial charge is 0.253 e. The van der Waals surface area contributed by atoms with E-state index < -0.39 is 0 Å². The maximum Gasteiger partial charge on any atom is 0.253 e. The van der Waals surface area contributed by atoms with Crippen molar-refractivity contribution in [1.29, 1.82) is 0 Å². The van der Waals surface area contributed by atoms with Crippen molar-refractivity contribution >= 4 is 28.2 Å². The highest BCUT2D eigenvalue weighted by Crippen LogP contribution is 2.19. The summed E-state index contributed by atoms with van der Waals surface area (Å²) in [4.78, 5) is 17.8. The third-order valence-corrected chi connectivity index (χ3v) is 5.84. The van der Waals surface area contributed by atoms with Crippen LogP contribution in [0.2, 0.25) is 0 Å². The predicted molar refractivity (Wildman–Crippen MR) is 119 cm³/mol. The minimum Gasteiger partial charge on any atom is -0.376 e. The van der Waals surface area contributed by atoms with Crippen molar-refractivity contribution < 1.29 is 4.74 Å². The number of hydrogen-bond donors (Lipinski definition) is 2. The van der Waals surface area contributed by atoms with Gasteiger partial charge in [-0.1, -0.05) is 13.3 Å². The number of rotatable bonds is 7. The number of aryl methyl sites for hydroxylation is 2. The molecule has 1 atom stereocenters. The molecule has 2 aromatic rings. The molecular formula is C22H31N3O2S. The number of H-pyrrole nitrogens is 1. The van der Waals surface area contributed by atoms with E-state index in [1.54, 1.807) is 0 Å². The Balaban J connectivity index is 1.83. The Bertz CT molecular complexity index is 887. The van der Waals surface area contributed by atoms with Crippen molar-refractivity contribution in [1.82, 2.24) is 15.2 Å². The van der Waals surface area contributed by atoms with Gasteiger partial charge in [-0.2, -0.15) is 0 Å². The first-order chi connectivity index (χ1) is 13.5. The van der Waals surface area contributed by atoms with Gasteiger partial charge >= 0.3 is 0 Å². The number of pyridine rings is 1. The zero-order chi connectivity index (χ0) is 20.1. The number of thiocarbonyl (C=S) groups is 1. The summed E-state index contributed by atoms with van der Waals surface area (Å²) in [5, 5.41) is 5.09. The number of aromatic amines is 1. The first-order valence-corrected chi connectivity index (χ1v) is 10.7. The molecule has 0 aliphatic carbocycles. The van der Waals surface area contributed by atoms with Crippen LogP contribution >= 0.6 is 12.2 Å². The molecule has 0 amide bonds. The van der Waals surface area contributed by atoms with Gasteiger partial charge < -0.3 is 19.9 Å². The summed E-state index contributed by atoms with van der Waals surface area (Å²) in [5.74, 6) is 0. The molecule has 1 saturated heterocycles. The van der Waals surface area contributed by atoms with Crippen molar-refractivity contribution in [3.8, 4) is 0 Å². The van der Waals surface area contributed by atoms with E-state index in [1.165, 1.54) is 11.1 Å². The number of nitrogens with zero attached hydrogens (tertiary/aromatic N) is 1. The molecule has 5 nitrogen and oxygen atoms in total. The minimum absolute atomic E-state index is 0.0514.